The van der Waals surface area contributed by atoms with Crippen molar-refractivity contribution in [3.8, 4) is 11.4 Å². The number of phenols is 1. The minimum Gasteiger partial charge on any atom is -0.508 e. The number of hydrogen-bond donors (Lipinski definition) is 3. The molecule has 4 aromatic rings. The van der Waals surface area contributed by atoms with Gasteiger partial charge in [0.1, 0.15) is 5.75 Å². The summed E-state index contributed by atoms with van der Waals surface area (Å²) in [5.74, 6) is 0.261. The van der Waals surface area contributed by atoms with Crippen molar-refractivity contribution < 1.29 is 5.11 Å². The molecule has 0 spiro atoms. The van der Waals surface area contributed by atoms with E-state index in [1.54, 1.807) is 12.1 Å². The van der Waals surface area contributed by atoms with Gasteiger partial charge in [-0.3, -0.25) is 4.98 Å². The number of aromatic nitrogens is 2. The van der Waals surface area contributed by atoms with Crippen molar-refractivity contribution in [3.05, 3.63) is 108 Å². The van der Waals surface area contributed by atoms with Crippen molar-refractivity contribution in [3.63, 3.8) is 0 Å². The Labute approximate surface area is 217 Å². The van der Waals surface area contributed by atoms with Gasteiger partial charge < -0.3 is 25.2 Å². The Balaban J connectivity index is 1.45. The summed E-state index contributed by atoms with van der Waals surface area (Å²) < 4.78 is 2.24. The van der Waals surface area contributed by atoms with Crippen molar-refractivity contribution in [2.45, 2.75) is 32.4 Å². The number of rotatable bonds is 8. The van der Waals surface area contributed by atoms with Crippen molar-refractivity contribution in [2.24, 2.45) is 0 Å². The maximum absolute atomic E-state index is 9.77. The number of aryl methyl sites for hydroxylation is 1. The molecule has 2 atom stereocenters. The Morgan fingerprint density at radius 2 is 1.75 bits per heavy atom. The highest BCUT2D eigenvalue weighted by Crippen LogP contribution is 2.41. The topological polar surface area (TPSA) is 65.4 Å². The molecule has 5 rings (SSSR count). The second kappa shape index (κ2) is 10.4. The number of phenolic OH excluding ortho intramolecular Hbond substituents is 1. The van der Waals surface area contributed by atoms with Crippen LogP contribution in [0.3, 0.4) is 0 Å². The van der Waals surface area contributed by atoms with Gasteiger partial charge in [-0.25, -0.2) is 0 Å². The van der Waals surface area contributed by atoms with Crippen LogP contribution in [0.15, 0.2) is 85.1 Å². The molecule has 1 fully saturated rings. The van der Waals surface area contributed by atoms with Crippen LogP contribution in [0.2, 0.25) is 0 Å². The summed E-state index contributed by atoms with van der Waals surface area (Å²) in [6, 6.07) is 25.9. The quantitative estimate of drug-likeness (QED) is 0.215. The first-order chi connectivity index (χ1) is 17.5. The zero-order valence-electron chi connectivity index (χ0n) is 20.6. The fourth-order valence-electron chi connectivity index (χ4n) is 5.11. The van der Waals surface area contributed by atoms with Gasteiger partial charge in [-0.2, -0.15) is 0 Å². The maximum atomic E-state index is 9.77. The Kier molecular flexibility index (Phi) is 6.91. The van der Waals surface area contributed by atoms with Crippen LogP contribution in [0.25, 0.3) is 5.69 Å². The summed E-state index contributed by atoms with van der Waals surface area (Å²) in [7, 11) is 0. The summed E-state index contributed by atoms with van der Waals surface area (Å²) in [6.45, 7) is 5.95. The first kappa shape index (κ1) is 23.9. The van der Waals surface area contributed by atoms with Crippen LogP contribution < -0.4 is 10.6 Å². The lowest BCUT2D eigenvalue weighted by molar-refractivity contribution is 0.315. The van der Waals surface area contributed by atoms with Crippen LogP contribution in [-0.2, 0) is 0 Å². The predicted octanol–water partition coefficient (Wildman–Crippen LogP) is 5.67. The van der Waals surface area contributed by atoms with Gasteiger partial charge in [0.15, 0.2) is 5.11 Å². The van der Waals surface area contributed by atoms with Gasteiger partial charge in [0.05, 0.1) is 17.8 Å². The average molecular weight is 498 g/mol. The first-order valence-electron chi connectivity index (χ1n) is 12.3. The van der Waals surface area contributed by atoms with E-state index < -0.39 is 0 Å². The summed E-state index contributed by atoms with van der Waals surface area (Å²) in [5.41, 5.74) is 6.64. The van der Waals surface area contributed by atoms with Crippen LogP contribution in [0, 0.1) is 13.8 Å². The summed E-state index contributed by atoms with van der Waals surface area (Å²) in [5, 5.41) is 17.6. The van der Waals surface area contributed by atoms with E-state index in [1.165, 1.54) is 5.56 Å². The maximum Gasteiger partial charge on any atom is 0.170 e. The zero-order chi connectivity index (χ0) is 25.1. The van der Waals surface area contributed by atoms with Gasteiger partial charge in [-0.05, 0) is 92.6 Å². The number of thiocarbonyl (C=S) groups is 1. The molecule has 1 saturated heterocycles. The van der Waals surface area contributed by atoms with Crippen molar-refractivity contribution in [1.82, 2.24) is 19.8 Å². The molecule has 2 aromatic carbocycles. The summed E-state index contributed by atoms with van der Waals surface area (Å²) in [6.07, 6.45) is 2.78. The SMILES string of the molecule is Cc1cc([C@H]2[C@H](c3ccccn3)NC(=S)N2CCCNc2ccccc2)c(C)n1-c1ccc(O)cc1. The van der Waals surface area contributed by atoms with Gasteiger partial charge in [0.25, 0.3) is 0 Å². The number of hydrogen-bond acceptors (Lipinski definition) is 4. The molecule has 6 nitrogen and oxygen atoms in total. The molecule has 184 valence electrons. The largest absolute Gasteiger partial charge is 0.508 e. The fourth-order valence-corrected chi connectivity index (χ4v) is 5.44. The minimum atomic E-state index is -0.0467. The number of aromatic hydroxyl groups is 1. The van der Waals surface area contributed by atoms with Crippen LogP contribution >= 0.6 is 12.2 Å². The molecule has 0 radical (unpaired) electrons. The Morgan fingerprint density at radius 1 is 1.00 bits per heavy atom. The zero-order valence-corrected chi connectivity index (χ0v) is 21.4. The van der Waals surface area contributed by atoms with E-state index in [1.807, 2.05) is 48.7 Å². The van der Waals surface area contributed by atoms with Crippen molar-refractivity contribution >= 4 is 23.0 Å². The first-order valence-corrected chi connectivity index (χ1v) is 12.7. The molecule has 0 bridgehead atoms. The molecule has 2 aromatic heterocycles. The second-order valence-corrected chi connectivity index (χ2v) is 9.53. The number of nitrogens with zero attached hydrogens (tertiary/aromatic N) is 3. The molecule has 0 amide bonds. The lowest BCUT2D eigenvalue weighted by Crippen LogP contribution is -2.31. The molecule has 1 aliphatic heterocycles. The lowest BCUT2D eigenvalue weighted by Gasteiger charge is -2.28. The highest BCUT2D eigenvalue weighted by atomic mass is 32.1. The Morgan fingerprint density at radius 3 is 2.47 bits per heavy atom. The van der Waals surface area contributed by atoms with E-state index in [4.69, 9.17) is 12.2 Å². The molecule has 3 N–H and O–H groups in total. The molecule has 0 aliphatic carbocycles. The molecule has 3 heterocycles. The van der Waals surface area contributed by atoms with Gasteiger partial charge in [0.2, 0.25) is 0 Å². The smallest absolute Gasteiger partial charge is 0.170 e. The molecule has 1 aliphatic rings. The number of para-hydroxylation sites is 1. The molecular formula is C29H31N5OS. The highest BCUT2D eigenvalue weighted by molar-refractivity contribution is 7.80. The number of benzene rings is 2. The van der Waals surface area contributed by atoms with Gasteiger partial charge in [-0.15, -0.1) is 0 Å². The average Bonchev–Trinajstić information content (AvgIpc) is 3.38. The second-order valence-electron chi connectivity index (χ2n) is 9.14. The van der Waals surface area contributed by atoms with E-state index in [2.05, 4.69) is 63.2 Å². The third kappa shape index (κ3) is 4.79. The highest BCUT2D eigenvalue weighted by Gasteiger charge is 2.41. The van der Waals surface area contributed by atoms with E-state index in [-0.39, 0.29) is 17.8 Å². The van der Waals surface area contributed by atoms with Gasteiger partial charge in [-0.1, -0.05) is 24.3 Å². The summed E-state index contributed by atoms with van der Waals surface area (Å²) >= 11 is 5.86. The van der Waals surface area contributed by atoms with Gasteiger partial charge in [0, 0.05) is 42.0 Å². The summed E-state index contributed by atoms with van der Waals surface area (Å²) in [4.78, 5) is 6.98. The van der Waals surface area contributed by atoms with Gasteiger partial charge >= 0.3 is 0 Å². The van der Waals surface area contributed by atoms with E-state index in [0.29, 0.717) is 0 Å². The number of anilines is 1. The Hall–Kier alpha value is -3.84. The van der Waals surface area contributed by atoms with Crippen molar-refractivity contribution in [1.29, 1.82) is 0 Å². The molecule has 0 saturated carbocycles. The fraction of sp³-hybridized carbons (Fsp3) is 0.241. The normalized spacial score (nSPS) is 17.3. The van der Waals surface area contributed by atoms with Crippen LogP contribution in [0.4, 0.5) is 5.69 Å². The minimum absolute atomic E-state index is 0.0150. The third-order valence-corrected chi connectivity index (χ3v) is 7.13. The number of nitrogens with one attached hydrogen (secondary N) is 2. The molecular weight excluding hydrogens is 466 g/mol. The van der Waals surface area contributed by atoms with Crippen LogP contribution in [0.1, 0.15) is 41.1 Å². The van der Waals surface area contributed by atoms with Crippen molar-refractivity contribution in [2.75, 3.05) is 18.4 Å². The lowest BCUT2D eigenvalue weighted by atomic mass is 9.96. The molecule has 36 heavy (non-hydrogen) atoms. The monoisotopic (exact) mass is 497 g/mol. The third-order valence-electron chi connectivity index (χ3n) is 6.77. The predicted molar refractivity (Wildman–Crippen MR) is 149 cm³/mol. The standard InChI is InChI=1S/C29H31N5OS/c1-20-19-25(21(2)34(20)23-12-14-24(35)15-13-23)28-27(26-11-6-7-16-31-26)32-29(36)33(28)18-8-17-30-22-9-4-3-5-10-22/h3-7,9-16,19,27-28,30,35H,8,17-18H2,1-2H3,(H,32,36)/t27-,28-/m0/s1. The Bertz CT molecular complexity index is 1320. The molecule has 0 unspecified atom stereocenters. The number of pyridine rings is 1. The van der Waals surface area contributed by atoms with Crippen LogP contribution in [0.5, 0.6) is 5.75 Å². The van der Waals surface area contributed by atoms with E-state index in [0.717, 1.165) is 53.1 Å². The molecule has 7 heteroatoms. The van der Waals surface area contributed by atoms with Crippen LogP contribution in [-0.4, -0.2) is 37.8 Å². The van der Waals surface area contributed by atoms with E-state index in [9.17, 15) is 5.11 Å². The van der Waals surface area contributed by atoms with E-state index >= 15 is 0 Å².